The summed E-state index contributed by atoms with van der Waals surface area (Å²) in [6, 6.07) is 0. The predicted molar refractivity (Wildman–Crippen MR) is 79.4 cm³/mol. The minimum atomic E-state index is -0.450. The number of aliphatic hydroxyl groups is 2. The number of unbranched alkanes of at least 4 members (excludes halogenated alkanes) is 5. The van der Waals surface area contributed by atoms with Gasteiger partial charge < -0.3 is 20.3 Å². The predicted octanol–water partition coefficient (Wildman–Crippen LogP) is 2.08. The lowest BCUT2D eigenvalue weighted by molar-refractivity contribution is 0.0351. The SMILES string of the molecule is CCCCCCCCOCC(O)CNCCC(C)O. The molecule has 0 radical (unpaired) electrons. The van der Waals surface area contributed by atoms with Gasteiger partial charge in [0.25, 0.3) is 0 Å². The van der Waals surface area contributed by atoms with E-state index in [0.29, 0.717) is 19.6 Å². The van der Waals surface area contributed by atoms with E-state index in [1.54, 1.807) is 6.92 Å². The van der Waals surface area contributed by atoms with Gasteiger partial charge in [0, 0.05) is 13.2 Å². The van der Waals surface area contributed by atoms with Gasteiger partial charge in [-0.15, -0.1) is 0 Å². The molecule has 0 bridgehead atoms. The van der Waals surface area contributed by atoms with E-state index in [1.165, 1.54) is 32.1 Å². The van der Waals surface area contributed by atoms with Crippen molar-refractivity contribution in [2.75, 3.05) is 26.3 Å². The number of aliphatic hydroxyl groups excluding tert-OH is 2. The molecule has 2 atom stereocenters. The second-order valence-corrected chi connectivity index (χ2v) is 5.34. The standard InChI is InChI=1S/C15H33NO3/c1-3-4-5-6-7-8-11-19-13-15(18)12-16-10-9-14(2)17/h14-18H,3-13H2,1-2H3. The topological polar surface area (TPSA) is 61.7 Å². The van der Waals surface area contributed by atoms with Crippen molar-refractivity contribution in [3.05, 3.63) is 0 Å². The Morgan fingerprint density at radius 2 is 1.74 bits per heavy atom. The Labute approximate surface area is 118 Å². The van der Waals surface area contributed by atoms with Crippen LogP contribution in [-0.4, -0.2) is 48.7 Å². The summed E-state index contributed by atoms with van der Waals surface area (Å²) in [5.41, 5.74) is 0. The first kappa shape index (κ1) is 18.8. The number of ether oxygens (including phenoxy) is 1. The molecule has 3 N–H and O–H groups in total. The molecular weight excluding hydrogens is 242 g/mol. The Balaban J connectivity index is 3.13. The van der Waals surface area contributed by atoms with Crippen LogP contribution >= 0.6 is 0 Å². The zero-order valence-corrected chi connectivity index (χ0v) is 12.7. The van der Waals surface area contributed by atoms with Crippen LogP contribution in [0.3, 0.4) is 0 Å². The second-order valence-electron chi connectivity index (χ2n) is 5.34. The first-order valence-corrected chi connectivity index (χ1v) is 7.81. The summed E-state index contributed by atoms with van der Waals surface area (Å²) >= 11 is 0. The van der Waals surface area contributed by atoms with Crippen molar-refractivity contribution in [3.8, 4) is 0 Å². The summed E-state index contributed by atoms with van der Waals surface area (Å²) in [5, 5.41) is 21.8. The van der Waals surface area contributed by atoms with Crippen molar-refractivity contribution in [2.45, 2.75) is 71.0 Å². The molecule has 0 fully saturated rings. The van der Waals surface area contributed by atoms with E-state index in [4.69, 9.17) is 9.84 Å². The maximum atomic E-state index is 9.64. The van der Waals surface area contributed by atoms with Crippen LogP contribution in [0.15, 0.2) is 0 Å². The van der Waals surface area contributed by atoms with Crippen LogP contribution in [0, 0.1) is 0 Å². The number of hydrogen-bond donors (Lipinski definition) is 3. The highest BCUT2D eigenvalue weighted by Crippen LogP contribution is 2.04. The summed E-state index contributed by atoms with van der Waals surface area (Å²) in [5.74, 6) is 0. The molecule has 19 heavy (non-hydrogen) atoms. The van der Waals surface area contributed by atoms with Gasteiger partial charge in [0.05, 0.1) is 18.8 Å². The third-order valence-corrected chi connectivity index (χ3v) is 3.07. The van der Waals surface area contributed by atoms with Crippen LogP contribution in [0.2, 0.25) is 0 Å². The second kappa shape index (κ2) is 14.3. The molecule has 0 aromatic rings. The molecule has 0 saturated heterocycles. The fourth-order valence-electron chi connectivity index (χ4n) is 1.84. The van der Waals surface area contributed by atoms with E-state index >= 15 is 0 Å². The van der Waals surface area contributed by atoms with Gasteiger partial charge in [-0.3, -0.25) is 0 Å². The molecule has 0 saturated carbocycles. The molecule has 0 rings (SSSR count). The lowest BCUT2D eigenvalue weighted by atomic mass is 10.1. The van der Waals surface area contributed by atoms with Gasteiger partial charge in [-0.05, 0) is 26.3 Å². The van der Waals surface area contributed by atoms with E-state index in [-0.39, 0.29) is 6.10 Å². The number of rotatable bonds is 14. The lowest BCUT2D eigenvalue weighted by Gasteiger charge is -2.13. The molecule has 0 aliphatic rings. The first-order chi connectivity index (χ1) is 9.16. The highest BCUT2D eigenvalue weighted by Gasteiger charge is 2.03. The van der Waals surface area contributed by atoms with Crippen LogP contribution in [0.5, 0.6) is 0 Å². The van der Waals surface area contributed by atoms with Crippen molar-refractivity contribution in [1.29, 1.82) is 0 Å². The Bertz CT molecular complexity index is 177. The highest BCUT2D eigenvalue weighted by atomic mass is 16.5. The first-order valence-electron chi connectivity index (χ1n) is 7.81. The Morgan fingerprint density at radius 1 is 1.05 bits per heavy atom. The average molecular weight is 275 g/mol. The van der Waals surface area contributed by atoms with Gasteiger partial charge in [0.1, 0.15) is 0 Å². The van der Waals surface area contributed by atoms with Crippen LogP contribution in [0.4, 0.5) is 0 Å². The summed E-state index contributed by atoms with van der Waals surface area (Å²) in [7, 11) is 0. The molecular formula is C15H33NO3. The molecule has 0 spiro atoms. The van der Waals surface area contributed by atoms with Crippen molar-refractivity contribution in [3.63, 3.8) is 0 Å². The number of nitrogens with one attached hydrogen (secondary N) is 1. The zero-order chi connectivity index (χ0) is 14.3. The van der Waals surface area contributed by atoms with Crippen molar-refractivity contribution in [2.24, 2.45) is 0 Å². The van der Waals surface area contributed by atoms with Gasteiger partial charge in [-0.2, -0.15) is 0 Å². The maximum absolute atomic E-state index is 9.64. The van der Waals surface area contributed by atoms with E-state index in [0.717, 1.165) is 19.6 Å². The Hall–Kier alpha value is -0.160. The van der Waals surface area contributed by atoms with Gasteiger partial charge >= 0.3 is 0 Å². The summed E-state index contributed by atoms with van der Waals surface area (Å²) < 4.78 is 5.44. The molecule has 4 heteroatoms. The van der Waals surface area contributed by atoms with Gasteiger partial charge in [0.2, 0.25) is 0 Å². The quantitative estimate of drug-likeness (QED) is 0.425. The van der Waals surface area contributed by atoms with Gasteiger partial charge in [-0.1, -0.05) is 39.0 Å². The molecule has 0 aliphatic carbocycles. The maximum Gasteiger partial charge on any atom is 0.0897 e. The zero-order valence-electron chi connectivity index (χ0n) is 12.7. The van der Waals surface area contributed by atoms with Crippen molar-refractivity contribution >= 4 is 0 Å². The molecule has 4 nitrogen and oxygen atoms in total. The molecule has 2 unspecified atom stereocenters. The van der Waals surface area contributed by atoms with E-state index < -0.39 is 6.10 Å². The molecule has 116 valence electrons. The normalized spacial score (nSPS) is 14.5. The average Bonchev–Trinajstić information content (AvgIpc) is 2.37. The van der Waals surface area contributed by atoms with Crippen LogP contribution < -0.4 is 5.32 Å². The Morgan fingerprint density at radius 3 is 2.42 bits per heavy atom. The molecule has 0 amide bonds. The Kier molecular flexibility index (Phi) is 14.1. The van der Waals surface area contributed by atoms with E-state index in [1.807, 2.05) is 0 Å². The molecule has 0 aromatic heterocycles. The van der Waals surface area contributed by atoms with Gasteiger partial charge in [-0.25, -0.2) is 0 Å². The monoisotopic (exact) mass is 275 g/mol. The van der Waals surface area contributed by atoms with Gasteiger partial charge in [0.15, 0.2) is 0 Å². The van der Waals surface area contributed by atoms with E-state index in [9.17, 15) is 5.11 Å². The fraction of sp³-hybridized carbons (Fsp3) is 1.00. The minimum Gasteiger partial charge on any atom is -0.393 e. The lowest BCUT2D eigenvalue weighted by Crippen LogP contribution is -2.32. The van der Waals surface area contributed by atoms with Crippen LogP contribution in [0.25, 0.3) is 0 Å². The third-order valence-electron chi connectivity index (χ3n) is 3.07. The summed E-state index contributed by atoms with van der Waals surface area (Å²) in [6.45, 7) is 6.39. The van der Waals surface area contributed by atoms with E-state index in [2.05, 4.69) is 12.2 Å². The van der Waals surface area contributed by atoms with Crippen molar-refractivity contribution in [1.82, 2.24) is 5.32 Å². The third kappa shape index (κ3) is 15.8. The van der Waals surface area contributed by atoms with Crippen molar-refractivity contribution < 1.29 is 14.9 Å². The molecule has 0 aromatic carbocycles. The largest absolute Gasteiger partial charge is 0.393 e. The summed E-state index contributed by atoms with van der Waals surface area (Å²) in [6.07, 6.45) is 7.53. The van der Waals surface area contributed by atoms with Crippen LogP contribution in [-0.2, 0) is 4.74 Å². The minimum absolute atomic E-state index is 0.284. The smallest absolute Gasteiger partial charge is 0.0897 e. The molecule has 0 aliphatic heterocycles. The van der Waals surface area contributed by atoms with Crippen LogP contribution in [0.1, 0.15) is 58.8 Å². The summed E-state index contributed by atoms with van der Waals surface area (Å²) in [4.78, 5) is 0. The highest BCUT2D eigenvalue weighted by molar-refractivity contribution is 4.59. The number of hydrogen-bond acceptors (Lipinski definition) is 4. The molecule has 0 heterocycles. The fourth-order valence-corrected chi connectivity index (χ4v) is 1.84.